The molecule has 0 bridgehead atoms. The number of halogens is 6. The lowest BCUT2D eigenvalue weighted by atomic mass is 10.2. The summed E-state index contributed by atoms with van der Waals surface area (Å²) in [5.41, 5.74) is -12.4. The molecule has 25 heavy (non-hydrogen) atoms. The highest BCUT2D eigenvalue weighted by molar-refractivity contribution is 8.15. The predicted octanol–water partition coefficient (Wildman–Crippen LogP) is 2.92. The van der Waals surface area contributed by atoms with Crippen LogP contribution >= 0.6 is 0 Å². The van der Waals surface area contributed by atoms with Gasteiger partial charge in [-0.05, 0) is 23.8 Å². The van der Waals surface area contributed by atoms with Crippen LogP contribution in [-0.4, -0.2) is 41.9 Å². The van der Waals surface area contributed by atoms with E-state index in [1.165, 1.54) is 12.1 Å². The molecular formula is C12H11F6NO4S2. The number of nitrogens with zero attached hydrogens (tertiary/aromatic N) is 1. The Kier molecular flexibility index (Phi) is 5.55. The average Bonchev–Trinajstić information content (AvgIpc) is 2.42. The summed E-state index contributed by atoms with van der Waals surface area (Å²) >= 11 is 0. The first-order valence-electron chi connectivity index (χ1n) is 6.13. The fraction of sp³-hybridized carbons (Fsp3) is 0.333. The Morgan fingerprint density at radius 2 is 1.20 bits per heavy atom. The van der Waals surface area contributed by atoms with Gasteiger partial charge in [-0.25, -0.2) is 16.8 Å². The molecule has 0 unspecified atom stereocenters. The monoisotopic (exact) mass is 411 g/mol. The van der Waals surface area contributed by atoms with Crippen molar-refractivity contribution in [2.24, 2.45) is 0 Å². The van der Waals surface area contributed by atoms with E-state index < -0.39 is 40.5 Å². The summed E-state index contributed by atoms with van der Waals surface area (Å²) in [4.78, 5) is 1.55. The molecule has 0 aliphatic heterocycles. The first-order chi connectivity index (χ1) is 11.0. The molecule has 0 amide bonds. The van der Waals surface area contributed by atoms with Crippen molar-refractivity contribution in [1.82, 2.24) is 0 Å². The average molecular weight is 411 g/mol. The van der Waals surface area contributed by atoms with Crippen molar-refractivity contribution in [1.29, 1.82) is 0 Å². The molecule has 1 aromatic rings. The SMILES string of the molecule is CN(C)c1ccc(C=C(S(=O)(=O)C(F)(F)F)S(=O)(=O)C(F)(F)F)cc1. The van der Waals surface area contributed by atoms with Crippen LogP contribution in [-0.2, 0) is 19.7 Å². The number of anilines is 1. The van der Waals surface area contributed by atoms with Gasteiger partial charge in [-0.15, -0.1) is 0 Å². The summed E-state index contributed by atoms with van der Waals surface area (Å²) in [5, 5.41) is 0. The molecular weight excluding hydrogens is 400 g/mol. The fourth-order valence-electron chi connectivity index (χ4n) is 1.53. The molecule has 0 spiro atoms. The van der Waals surface area contributed by atoms with E-state index in [1.807, 2.05) is 0 Å². The van der Waals surface area contributed by atoms with Gasteiger partial charge in [-0.2, -0.15) is 26.3 Å². The van der Waals surface area contributed by atoms with Crippen molar-refractivity contribution in [3.8, 4) is 0 Å². The van der Waals surface area contributed by atoms with Crippen LogP contribution in [0.1, 0.15) is 5.56 Å². The van der Waals surface area contributed by atoms with E-state index in [0.717, 1.165) is 12.1 Å². The molecule has 0 atom stereocenters. The third-order valence-corrected chi connectivity index (χ3v) is 6.66. The Morgan fingerprint density at radius 3 is 1.48 bits per heavy atom. The highest BCUT2D eigenvalue weighted by Crippen LogP contribution is 2.39. The minimum atomic E-state index is -6.76. The topological polar surface area (TPSA) is 71.5 Å². The quantitative estimate of drug-likeness (QED) is 0.713. The van der Waals surface area contributed by atoms with E-state index in [-0.39, 0.29) is 6.08 Å². The molecule has 5 nitrogen and oxygen atoms in total. The molecule has 0 aliphatic rings. The second-order valence-electron chi connectivity index (χ2n) is 4.85. The Hall–Kier alpha value is -1.76. The third kappa shape index (κ3) is 4.26. The van der Waals surface area contributed by atoms with Crippen LogP contribution in [0.15, 0.2) is 28.5 Å². The Bertz CT molecular complexity index is 820. The lowest BCUT2D eigenvalue weighted by Gasteiger charge is -2.15. The Labute approximate surface area is 139 Å². The number of rotatable bonds is 4. The number of hydrogen-bond donors (Lipinski definition) is 0. The maximum absolute atomic E-state index is 12.6. The van der Waals surface area contributed by atoms with Crippen molar-refractivity contribution in [2.75, 3.05) is 19.0 Å². The van der Waals surface area contributed by atoms with Crippen LogP contribution < -0.4 is 4.90 Å². The zero-order valence-electron chi connectivity index (χ0n) is 12.6. The number of benzene rings is 1. The maximum atomic E-state index is 12.6. The van der Waals surface area contributed by atoms with Crippen molar-refractivity contribution in [3.05, 3.63) is 34.1 Å². The molecule has 0 fully saturated rings. The molecule has 0 aromatic heterocycles. The first kappa shape index (κ1) is 21.3. The molecule has 0 aliphatic carbocycles. The summed E-state index contributed by atoms with van der Waals surface area (Å²) in [6, 6.07) is 4.47. The maximum Gasteiger partial charge on any atom is 0.502 e. The summed E-state index contributed by atoms with van der Waals surface area (Å²) in [7, 11) is -10.3. The van der Waals surface area contributed by atoms with Gasteiger partial charge in [0.05, 0.1) is 0 Å². The van der Waals surface area contributed by atoms with Crippen molar-refractivity contribution in [2.45, 2.75) is 11.0 Å². The van der Waals surface area contributed by atoms with Gasteiger partial charge in [0.1, 0.15) is 0 Å². The minimum Gasteiger partial charge on any atom is -0.378 e. The standard InChI is InChI=1S/C12H11F6NO4S2/c1-19(2)9-5-3-8(4-6-9)7-10(24(20,21)11(13,14)15)25(22,23)12(16,17)18/h3-7H,1-2H3. The van der Waals surface area contributed by atoms with Crippen LogP contribution in [0.25, 0.3) is 6.08 Å². The largest absolute Gasteiger partial charge is 0.502 e. The van der Waals surface area contributed by atoms with Crippen molar-refractivity contribution < 1.29 is 43.2 Å². The van der Waals surface area contributed by atoms with Crippen LogP contribution in [0.2, 0.25) is 0 Å². The summed E-state index contributed by atoms with van der Waals surface area (Å²) in [6.45, 7) is 0. The van der Waals surface area contributed by atoms with Gasteiger partial charge >= 0.3 is 11.0 Å². The van der Waals surface area contributed by atoms with Crippen molar-refractivity contribution in [3.63, 3.8) is 0 Å². The molecule has 1 rings (SSSR count). The van der Waals surface area contributed by atoms with Gasteiger partial charge in [0.2, 0.25) is 0 Å². The molecule has 1 aromatic carbocycles. The second-order valence-corrected chi connectivity index (χ2v) is 8.93. The minimum absolute atomic E-state index is 0.176. The highest BCUT2D eigenvalue weighted by Gasteiger charge is 2.59. The van der Waals surface area contributed by atoms with Crippen molar-refractivity contribution >= 4 is 31.4 Å². The molecule has 13 heteroatoms. The number of hydrogen-bond acceptors (Lipinski definition) is 5. The number of sulfone groups is 2. The van der Waals surface area contributed by atoms with E-state index in [1.54, 1.807) is 19.0 Å². The molecule has 0 heterocycles. The van der Waals surface area contributed by atoms with Gasteiger partial charge in [0.15, 0.2) is 4.24 Å². The van der Waals surface area contributed by atoms with Crippen LogP contribution in [0.4, 0.5) is 32.0 Å². The zero-order valence-corrected chi connectivity index (χ0v) is 14.2. The van der Waals surface area contributed by atoms with E-state index in [4.69, 9.17) is 0 Å². The van der Waals surface area contributed by atoms with Crippen LogP contribution in [0.3, 0.4) is 0 Å². The van der Waals surface area contributed by atoms with E-state index in [2.05, 4.69) is 0 Å². The van der Waals surface area contributed by atoms with E-state index >= 15 is 0 Å². The van der Waals surface area contributed by atoms with E-state index in [9.17, 15) is 43.2 Å². The number of alkyl halides is 6. The molecule has 0 saturated heterocycles. The lowest BCUT2D eigenvalue weighted by molar-refractivity contribution is -0.0443. The summed E-state index contributed by atoms with van der Waals surface area (Å²) in [6.07, 6.45) is -0.176. The smallest absolute Gasteiger partial charge is 0.378 e. The third-order valence-electron chi connectivity index (χ3n) is 2.83. The summed E-state index contributed by atoms with van der Waals surface area (Å²) in [5.74, 6) is 0. The Balaban J connectivity index is 3.70. The Morgan fingerprint density at radius 1 is 0.840 bits per heavy atom. The van der Waals surface area contributed by atoms with Gasteiger partial charge in [-0.1, -0.05) is 12.1 Å². The normalized spacial score (nSPS) is 13.4. The zero-order chi connectivity index (χ0) is 19.8. The fourth-order valence-corrected chi connectivity index (χ4v) is 4.29. The van der Waals surface area contributed by atoms with E-state index in [0.29, 0.717) is 5.69 Å². The molecule has 0 N–H and O–H groups in total. The van der Waals surface area contributed by atoms with Crippen LogP contribution in [0, 0.1) is 0 Å². The van der Waals surface area contributed by atoms with Gasteiger partial charge in [0.25, 0.3) is 19.7 Å². The predicted molar refractivity (Wildman–Crippen MR) is 78.7 cm³/mol. The van der Waals surface area contributed by atoms with Gasteiger partial charge in [0, 0.05) is 19.8 Å². The first-order valence-corrected chi connectivity index (χ1v) is 9.10. The highest BCUT2D eigenvalue weighted by atomic mass is 32.3. The molecule has 0 radical (unpaired) electrons. The molecule has 0 saturated carbocycles. The van der Waals surface area contributed by atoms with Crippen LogP contribution in [0.5, 0.6) is 0 Å². The second kappa shape index (κ2) is 6.52. The summed E-state index contributed by atoms with van der Waals surface area (Å²) < 4.78 is 118. The molecule has 142 valence electrons. The van der Waals surface area contributed by atoms with Gasteiger partial charge in [-0.3, -0.25) is 0 Å². The lowest BCUT2D eigenvalue weighted by Crippen LogP contribution is -2.34. The van der Waals surface area contributed by atoms with Gasteiger partial charge < -0.3 is 4.90 Å².